The van der Waals surface area contributed by atoms with Gasteiger partial charge in [0.1, 0.15) is 5.82 Å². The highest BCUT2D eigenvalue weighted by Gasteiger charge is 2.29. The van der Waals surface area contributed by atoms with Gasteiger partial charge in [-0.1, -0.05) is 30.3 Å². The molecule has 1 amide bonds. The fourth-order valence-corrected chi connectivity index (χ4v) is 3.75. The predicted molar refractivity (Wildman–Crippen MR) is 106 cm³/mol. The van der Waals surface area contributed by atoms with Gasteiger partial charge in [-0.25, -0.2) is 9.18 Å². The molecule has 1 saturated heterocycles. The molecule has 3 aromatic rings. The summed E-state index contributed by atoms with van der Waals surface area (Å²) in [6.45, 7) is 0.620. The second kappa shape index (κ2) is 8.05. The Morgan fingerprint density at radius 1 is 1.21 bits per heavy atom. The third-order valence-corrected chi connectivity index (χ3v) is 5.21. The Labute approximate surface area is 166 Å². The number of fused-ring (bicyclic) bond motifs is 1. The Morgan fingerprint density at radius 2 is 2.00 bits per heavy atom. The Balaban J connectivity index is 1.59. The maximum Gasteiger partial charge on any atom is 0.334 e. The molecule has 0 saturated carbocycles. The summed E-state index contributed by atoms with van der Waals surface area (Å²) in [5, 5.41) is 9.87. The van der Waals surface area contributed by atoms with Crippen molar-refractivity contribution < 1.29 is 23.8 Å². The van der Waals surface area contributed by atoms with E-state index in [0.29, 0.717) is 13.0 Å². The van der Waals surface area contributed by atoms with Crippen molar-refractivity contribution in [3.63, 3.8) is 0 Å². The van der Waals surface area contributed by atoms with Gasteiger partial charge in [-0.15, -0.1) is 0 Å². The van der Waals surface area contributed by atoms with E-state index in [0.717, 1.165) is 27.7 Å². The van der Waals surface area contributed by atoms with E-state index in [1.54, 1.807) is 6.07 Å². The van der Waals surface area contributed by atoms with Gasteiger partial charge in [-0.05, 0) is 35.7 Å². The van der Waals surface area contributed by atoms with Gasteiger partial charge >= 0.3 is 5.97 Å². The summed E-state index contributed by atoms with van der Waals surface area (Å²) in [6, 6.07) is 14.3. The molecule has 7 heteroatoms. The lowest BCUT2D eigenvalue weighted by atomic mass is 10.0. The van der Waals surface area contributed by atoms with Crippen LogP contribution >= 0.6 is 0 Å². The Kier molecular flexibility index (Phi) is 5.31. The molecule has 1 unspecified atom stereocenters. The van der Waals surface area contributed by atoms with Crippen LogP contribution in [0.3, 0.4) is 0 Å². The van der Waals surface area contributed by atoms with Crippen molar-refractivity contribution in [1.82, 2.24) is 9.88 Å². The van der Waals surface area contributed by atoms with Gasteiger partial charge in [-0.3, -0.25) is 4.79 Å². The minimum atomic E-state index is -1.07. The molecule has 0 spiro atoms. The number of carboxylic acid groups (broad SMARTS) is 1. The van der Waals surface area contributed by atoms with E-state index in [9.17, 15) is 14.0 Å². The number of hydrogen-bond acceptors (Lipinski definition) is 3. The monoisotopic (exact) mass is 396 g/mol. The minimum absolute atomic E-state index is 0.0439. The summed E-state index contributed by atoms with van der Waals surface area (Å²) in [7, 11) is 0. The van der Waals surface area contributed by atoms with Crippen molar-refractivity contribution in [3.8, 4) is 11.3 Å². The molecule has 6 nitrogen and oxygen atoms in total. The van der Waals surface area contributed by atoms with Crippen LogP contribution in [0.25, 0.3) is 22.2 Å². The second-order valence-electron chi connectivity index (χ2n) is 7.07. The molecular formula is C22H21FN2O4. The second-order valence-corrected chi connectivity index (χ2v) is 7.07. The van der Waals surface area contributed by atoms with E-state index in [4.69, 9.17) is 9.84 Å². The Hall–Kier alpha value is -3.19. The zero-order valence-corrected chi connectivity index (χ0v) is 15.7. The zero-order valence-electron chi connectivity index (χ0n) is 15.7. The number of carbonyl (C=O) groups is 2. The Bertz CT molecular complexity index is 1050. The largest absolute Gasteiger partial charge is 0.479 e. The number of hydrogen-bond donors (Lipinski definition) is 2. The molecule has 1 atom stereocenters. The molecule has 1 aromatic heterocycles. The van der Waals surface area contributed by atoms with Crippen molar-refractivity contribution in [2.45, 2.75) is 18.9 Å². The molecule has 4 rings (SSSR count). The number of morpholine rings is 1. The molecule has 0 aliphatic carbocycles. The first-order chi connectivity index (χ1) is 14.0. The number of ether oxygens (including phenoxy) is 1. The maximum absolute atomic E-state index is 13.9. The number of halogens is 1. The summed E-state index contributed by atoms with van der Waals surface area (Å²) in [6.07, 6.45) is -0.369. The quantitative estimate of drug-likeness (QED) is 0.694. The average Bonchev–Trinajstić information content (AvgIpc) is 3.10. The predicted octanol–water partition coefficient (Wildman–Crippen LogP) is 3.22. The number of nitrogens with zero attached hydrogens (tertiary/aromatic N) is 1. The van der Waals surface area contributed by atoms with E-state index < -0.39 is 12.1 Å². The van der Waals surface area contributed by atoms with Crippen LogP contribution in [0.15, 0.2) is 48.5 Å². The fourth-order valence-electron chi connectivity index (χ4n) is 3.75. The number of H-pyrrole nitrogens is 1. The SMILES string of the molecule is O=C(O)C1CN(C(=O)CCc2c(-c3ccccc3)[nH]c3ccc(F)cc23)CCO1. The molecule has 1 aliphatic heterocycles. The van der Waals surface area contributed by atoms with Crippen LogP contribution in [0, 0.1) is 5.82 Å². The van der Waals surface area contributed by atoms with E-state index >= 15 is 0 Å². The normalized spacial score (nSPS) is 16.9. The summed E-state index contributed by atoms with van der Waals surface area (Å²) < 4.78 is 19.1. The maximum atomic E-state index is 13.9. The molecule has 0 radical (unpaired) electrons. The number of carbonyl (C=O) groups excluding carboxylic acids is 1. The van der Waals surface area contributed by atoms with Crippen LogP contribution in [0.2, 0.25) is 0 Å². The van der Waals surface area contributed by atoms with Gasteiger partial charge in [0.05, 0.1) is 13.2 Å². The average molecular weight is 396 g/mol. The molecule has 1 fully saturated rings. The van der Waals surface area contributed by atoms with Crippen LogP contribution in [0.1, 0.15) is 12.0 Å². The standard InChI is InChI=1S/C22H21FN2O4/c23-15-6-8-18-17(12-15)16(21(24-18)14-4-2-1-3-5-14)7-9-20(26)25-10-11-29-19(13-25)22(27)28/h1-6,8,12,19,24H,7,9-11,13H2,(H,27,28). The lowest BCUT2D eigenvalue weighted by molar-refractivity contribution is -0.159. The molecule has 2 heterocycles. The lowest BCUT2D eigenvalue weighted by Gasteiger charge is -2.31. The van der Waals surface area contributed by atoms with E-state index in [1.165, 1.54) is 17.0 Å². The molecule has 2 N–H and O–H groups in total. The van der Waals surface area contributed by atoms with Crippen LogP contribution in [-0.4, -0.2) is 52.7 Å². The molecule has 29 heavy (non-hydrogen) atoms. The molecule has 2 aromatic carbocycles. The zero-order chi connectivity index (χ0) is 20.4. The lowest BCUT2D eigenvalue weighted by Crippen LogP contribution is -2.48. The Morgan fingerprint density at radius 3 is 2.76 bits per heavy atom. The summed E-state index contributed by atoms with van der Waals surface area (Å²) in [5.74, 6) is -1.54. The first kappa shape index (κ1) is 19.1. The van der Waals surface area contributed by atoms with E-state index in [-0.39, 0.29) is 31.3 Å². The van der Waals surface area contributed by atoms with Crippen molar-refractivity contribution in [2.75, 3.05) is 19.7 Å². The third kappa shape index (κ3) is 4.00. The third-order valence-electron chi connectivity index (χ3n) is 5.21. The summed E-state index contributed by atoms with van der Waals surface area (Å²) in [4.78, 5) is 28.7. The van der Waals surface area contributed by atoms with Gasteiger partial charge in [-0.2, -0.15) is 0 Å². The number of aliphatic carboxylic acids is 1. The highest BCUT2D eigenvalue weighted by atomic mass is 19.1. The van der Waals surface area contributed by atoms with Gasteiger partial charge < -0.3 is 19.7 Å². The smallest absolute Gasteiger partial charge is 0.334 e. The number of benzene rings is 2. The fraction of sp³-hybridized carbons (Fsp3) is 0.273. The van der Waals surface area contributed by atoms with Crippen LogP contribution in [0.4, 0.5) is 4.39 Å². The van der Waals surface area contributed by atoms with Crippen LogP contribution < -0.4 is 0 Å². The van der Waals surface area contributed by atoms with Crippen molar-refractivity contribution in [2.24, 2.45) is 0 Å². The number of amides is 1. The highest BCUT2D eigenvalue weighted by Crippen LogP contribution is 2.32. The molecule has 150 valence electrons. The summed E-state index contributed by atoms with van der Waals surface area (Å²) >= 11 is 0. The number of aromatic nitrogens is 1. The van der Waals surface area contributed by atoms with Crippen molar-refractivity contribution in [3.05, 3.63) is 59.9 Å². The number of aromatic amines is 1. The minimum Gasteiger partial charge on any atom is -0.479 e. The van der Waals surface area contributed by atoms with E-state index in [2.05, 4.69) is 4.98 Å². The molecule has 1 aliphatic rings. The highest BCUT2D eigenvalue weighted by molar-refractivity contribution is 5.91. The van der Waals surface area contributed by atoms with Gasteiger partial charge in [0.25, 0.3) is 0 Å². The van der Waals surface area contributed by atoms with E-state index in [1.807, 2.05) is 30.3 Å². The van der Waals surface area contributed by atoms with Crippen LogP contribution in [-0.2, 0) is 20.7 Å². The number of nitrogens with one attached hydrogen (secondary N) is 1. The summed E-state index contributed by atoms with van der Waals surface area (Å²) in [5.41, 5.74) is 3.51. The van der Waals surface area contributed by atoms with Crippen molar-refractivity contribution >= 4 is 22.8 Å². The molecular weight excluding hydrogens is 375 g/mol. The van der Waals surface area contributed by atoms with Gasteiger partial charge in [0.2, 0.25) is 5.91 Å². The number of carboxylic acids is 1. The molecule has 0 bridgehead atoms. The van der Waals surface area contributed by atoms with Gasteiger partial charge in [0.15, 0.2) is 6.10 Å². The van der Waals surface area contributed by atoms with Gasteiger partial charge in [0, 0.05) is 29.6 Å². The van der Waals surface area contributed by atoms with Crippen LogP contribution in [0.5, 0.6) is 0 Å². The first-order valence-electron chi connectivity index (χ1n) is 9.50. The number of rotatable bonds is 5. The van der Waals surface area contributed by atoms with Crippen molar-refractivity contribution in [1.29, 1.82) is 0 Å². The first-order valence-corrected chi connectivity index (χ1v) is 9.50. The number of aryl methyl sites for hydroxylation is 1. The topological polar surface area (TPSA) is 82.6 Å².